The summed E-state index contributed by atoms with van der Waals surface area (Å²) in [5, 5.41) is 8.49. The summed E-state index contributed by atoms with van der Waals surface area (Å²) in [5.74, 6) is 1.46. The highest BCUT2D eigenvalue weighted by atomic mass is 15.3. The highest BCUT2D eigenvalue weighted by Crippen LogP contribution is 2.44. The highest BCUT2D eigenvalue weighted by Gasteiger charge is 2.37. The Morgan fingerprint density at radius 1 is 1.32 bits per heavy atom. The molecule has 3 nitrogen and oxygen atoms in total. The predicted molar refractivity (Wildman–Crippen MR) is 79.4 cm³/mol. The Hall–Kier alpha value is -0.990. The lowest BCUT2D eigenvalue weighted by Gasteiger charge is -2.26. The molecule has 1 N–H and O–H groups in total. The second kappa shape index (κ2) is 4.53. The van der Waals surface area contributed by atoms with Gasteiger partial charge in [-0.05, 0) is 37.0 Å². The van der Waals surface area contributed by atoms with Gasteiger partial charge >= 0.3 is 0 Å². The van der Waals surface area contributed by atoms with Gasteiger partial charge < -0.3 is 5.32 Å². The summed E-state index contributed by atoms with van der Waals surface area (Å²) in [5.41, 5.74) is 3.09. The molecule has 2 atom stereocenters. The molecular weight excluding hydrogens is 234 g/mol. The molecule has 0 amide bonds. The molecule has 2 saturated carbocycles. The normalized spacial score (nSPS) is 30.3. The van der Waals surface area contributed by atoms with Crippen molar-refractivity contribution >= 4 is 5.69 Å². The summed E-state index contributed by atoms with van der Waals surface area (Å²) < 4.78 is 1.97. The third-order valence-corrected chi connectivity index (χ3v) is 5.02. The van der Waals surface area contributed by atoms with E-state index < -0.39 is 0 Å². The first-order chi connectivity index (χ1) is 8.94. The summed E-state index contributed by atoms with van der Waals surface area (Å²) >= 11 is 0. The fourth-order valence-electron chi connectivity index (χ4n) is 3.89. The Morgan fingerprint density at radius 3 is 2.58 bits per heavy atom. The third-order valence-electron chi connectivity index (χ3n) is 5.02. The molecule has 19 heavy (non-hydrogen) atoms. The zero-order valence-electron chi connectivity index (χ0n) is 12.7. The molecule has 0 aromatic carbocycles. The molecule has 2 unspecified atom stereocenters. The monoisotopic (exact) mass is 261 g/mol. The van der Waals surface area contributed by atoms with E-state index in [2.05, 4.69) is 32.3 Å². The van der Waals surface area contributed by atoms with E-state index >= 15 is 0 Å². The number of rotatable bonds is 3. The van der Waals surface area contributed by atoms with Crippen LogP contribution < -0.4 is 5.32 Å². The van der Waals surface area contributed by atoms with Crippen LogP contribution in [0, 0.1) is 11.3 Å². The quantitative estimate of drug-likeness (QED) is 0.893. The minimum absolute atomic E-state index is 0.482. The molecule has 0 saturated heterocycles. The molecule has 0 radical (unpaired) electrons. The maximum atomic E-state index is 4.69. The summed E-state index contributed by atoms with van der Waals surface area (Å²) in [6.45, 7) is 7.16. The maximum absolute atomic E-state index is 4.69. The molecule has 2 aliphatic carbocycles. The Bertz CT molecular complexity index is 457. The minimum atomic E-state index is 0.482. The molecule has 0 spiro atoms. The van der Waals surface area contributed by atoms with Crippen LogP contribution in [0.4, 0.5) is 5.69 Å². The summed E-state index contributed by atoms with van der Waals surface area (Å²) in [6.07, 6.45) is 8.77. The number of hydrogen-bond donors (Lipinski definition) is 1. The number of anilines is 1. The molecule has 1 heterocycles. The molecule has 2 fully saturated rings. The molecule has 2 aliphatic rings. The van der Waals surface area contributed by atoms with Gasteiger partial charge in [0.2, 0.25) is 0 Å². The first-order valence-electron chi connectivity index (χ1n) is 7.75. The average molecular weight is 261 g/mol. The Kier molecular flexibility index (Phi) is 3.11. The number of aryl methyl sites for hydroxylation is 1. The minimum Gasteiger partial charge on any atom is -0.379 e. The molecule has 3 rings (SSSR count). The van der Waals surface area contributed by atoms with Crippen molar-refractivity contribution in [3.05, 3.63) is 11.9 Å². The topological polar surface area (TPSA) is 29.9 Å². The molecule has 1 aromatic heterocycles. The molecular formula is C16H27N3. The van der Waals surface area contributed by atoms with Crippen molar-refractivity contribution in [2.24, 2.45) is 18.4 Å². The standard InChI is InChI=1S/C16H27N3/c1-11-8-16(2,3)9-13(11)17-14-10-19(4)18-15(14)12-6-5-7-12/h10-13,17H,5-9H2,1-4H3. The molecule has 1 aromatic rings. The van der Waals surface area contributed by atoms with Crippen molar-refractivity contribution in [2.45, 2.75) is 64.8 Å². The van der Waals surface area contributed by atoms with Crippen LogP contribution in [0.2, 0.25) is 0 Å². The van der Waals surface area contributed by atoms with Crippen molar-refractivity contribution in [3.8, 4) is 0 Å². The smallest absolute Gasteiger partial charge is 0.0886 e. The van der Waals surface area contributed by atoms with Crippen LogP contribution in [0.5, 0.6) is 0 Å². The van der Waals surface area contributed by atoms with Gasteiger partial charge in [-0.15, -0.1) is 0 Å². The first kappa shape index (κ1) is 13.0. The van der Waals surface area contributed by atoms with Crippen LogP contribution in [0.25, 0.3) is 0 Å². The maximum Gasteiger partial charge on any atom is 0.0886 e. The van der Waals surface area contributed by atoms with Crippen molar-refractivity contribution < 1.29 is 0 Å². The van der Waals surface area contributed by atoms with Crippen LogP contribution in [-0.2, 0) is 7.05 Å². The lowest BCUT2D eigenvalue weighted by molar-refractivity contribution is 0.366. The lowest BCUT2D eigenvalue weighted by Crippen LogP contribution is -2.23. The van der Waals surface area contributed by atoms with Crippen LogP contribution in [0.15, 0.2) is 6.20 Å². The van der Waals surface area contributed by atoms with Gasteiger partial charge in [0.25, 0.3) is 0 Å². The third kappa shape index (κ3) is 2.52. The number of nitrogens with one attached hydrogen (secondary N) is 1. The Labute approximate surface area is 116 Å². The van der Waals surface area contributed by atoms with E-state index in [0.717, 1.165) is 5.92 Å². The van der Waals surface area contributed by atoms with Crippen molar-refractivity contribution in [2.75, 3.05) is 5.32 Å². The van der Waals surface area contributed by atoms with E-state index in [4.69, 9.17) is 5.10 Å². The van der Waals surface area contributed by atoms with Gasteiger partial charge in [-0.25, -0.2) is 0 Å². The number of aromatic nitrogens is 2. The summed E-state index contributed by atoms with van der Waals surface area (Å²) in [4.78, 5) is 0. The molecule has 106 valence electrons. The predicted octanol–water partition coefficient (Wildman–Crippen LogP) is 3.92. The highest BCUT2D eigenvalue weighted by molar-refractivity contribution is 5.49. The van der Waals surface area contributed by atoms with Crippen LogP contribution in [0.3, 0.4) is 0 Å². The van der Waals surface area contributed by atoms with E-state index in [1.165, 1.54) is 43.5 Å². The molecule has 0 bridgehead atoms. The molecule has 0 aliphatic heterocycles. The van der Waals surface area contributed by atoms with Crippen LogP contribution >= 0.6 is 0 Å². The Morgan fingerprint density at radius 2 is 2.05 bits per heavy atom. The second-order valence-electron chi connectivity index (χ2n) is 7.53. The van der Waals surface area contributed by atoms with Gasteiger partial charge in [0, 0.05) is 25.2 Å². The zero-order valence-corrected chi connectivity index (χ0v) is 12.7. The summed E-state index contributed by atoms with van der Waals surface area (Å²) in [7, 11) is 2.04. The average Bonchev–Trinajstić information content (AvgIpc) is 2.66. The van der Waals surface area contributed by atoms with Crippen LogP contribution in [0.1, 0.15) is 64.5 Å². The summed E-state index contributed by atoms with van der Waals surface area (Å²) in [6, 6.07) is 0.609. The van der Waals surface area contributed by atoms with Gasteiger partial charge in [0.15, 0.2) is 0 Å². The van der Waals surface area contributed by atoms with Crippen LogP contribution in [-0.4, -0.2) is 15.8 Å². The van der Waals surface area contributed by atoms with Gasteiger partial charge in [0.1, 0.15) is 0 Å². The van der Waals surface area contributed by atoms with Crippen molar-refractivity contribution in [3.63, 3.8) is 0 Å². The van der Waals surface area contributed by atoms with E-state index in [9.17, 15) is 0 Å². The second-order valence-corrected chi connectivity index (χ2v) is 7.53. The van der Waals surface area contributed by atoms with Gasteiger partial charge in [-0.1, -0.05) is 27.2 Å². The van der Waals surface area contributed by atoms with E-state index in [0.29, 0.717) is 17.4 Å². The Balaban J connectivity index is 1.76. The molecule has 3 heteroatoms. The number of nitrogens with zero attached hydrogens (tertiary/aromatic N) is 2. The zero-order chi connectivity index (χ0) is 13.6. The SMILES string of the molecule is CC1CC(C)(C)CC1Nc1cn(C)nc1C1CCC1. The fourth-order valence-corrected chi connectivity index (χ4v) is 3.89. The van der Waals surface area contributed by atoms with E-state index in [-0.39, 0.29) is 0 Å². The fraction of sp³-hybridized carbons (Fsp3) is 0.812. The van der Waals surface area contributed by atoms with Crippen molar-refractivity contribution in [1.82, 2.24) is 9.78 Å². The van der Waals surface area contributed by atoms with E-state index in [1.807, 2.05) is 11.7 Å². The van der Waals surface area contributed by atoms with Gasteiger partial charge in [-0.2, -0.15) is 5.10 Å². The largest absolute Gasteiger partial charge is 0.379 e. The van der Waals surface area contributed by atoms with E-state index in [1.54, 1.807) is 0 Å². The van der Waals surface area contributed by atoms with Crippen molar-refractivity contribution in [1.29, 1.82) is 0 Å². The lowest BCUT2D eigenvalue weighted by atomic mass is 9.82. The van der Waals surface area contributed by atoms with Gasteiger partial charge in [-0.3, -0.25) is 4.68 Å². The van der Waals surface area contributed by atoms with Gasteiger partial charge in [0.05, 0.1) is 11.4 Å². The number of hydrogen-bond acceptors (Lipinski definition) is 2. The first-order valence-corrected chi connectivity index (χ1v) is 7.75.